The zero-order chi connectivity index (χ0) is 17.9. The van der Waals surface area contributed by atoms with Crippen LogP contribution in [0.15, 0.2) is 36.4 Å². The van der Waals surface area contributed by atoms with E-state index in [1.165, 1.54) is 5.39 Å². The Hall–Kier alpha value is -1.98. The van der Waals surface area contributed by atoms with E-state index in [4.69, 9.17) is 4.98 Å². The zero-order valence-corrected chi connectivity index (χ0v) is 15.5. The van der Waals surface area contributed by atoms with Gasteiger partial charge in [0.2, 0.25) is 5.91 Å². The van der Waals surface area contributed by atoms with Crippen molar-refractivity contribution in [2.75, 3.05) is 33.2 Å². The minimum absolute atomic E-state index is 0.339. The molecule has 26 heavy (non-hydrogen) atoms. The summed E-state index contributed by atoms with van der Waals surface area (Å²) < 4.78 is 0. The number of likely N-dealkylation sites (tertiary alicyclic amines) is 2. The first-order valence-corrected chi connectivity index (χ1v) is 9.75. The molecule has 0 bridgehead atoms. The zero-order valence-electron chi connectivity index (χ0n) is 15.5. The Bertz CT molecular complexity index is 777. The number of fused-ring (bicyclic) bond motifs is 2. The van der Waals surface area contributed by atoms with Crippen LogP contribution in [0.4, 0.5) is 0 Å². The fraction of sp³-hybridized carbons (Fsp3) is 0.524. The molecule has 2 saturated heterocycles. The number of piperidine rings is 2. The molecule has 2 aliphatic heterocycles. The Balaban J connectivity index is 1.42. The molecule has 2 aliphatic rings. The first-order valence-electron chi connectivity index (χ1n) is 9.75. The Morgan fingerprint density at radius 1 is 1.19 bits per heavy atom. The van der Waals surface area contributed by atoms with Crippen LogP contribution in [0, 0.1) is 5.92 Å². The van der Waals surface area contributed by atoms with Crippen molar-refractivity contribution in [2.24, 2.45) is 5.92 Å². The number of carbonyl (C=O) groups excluding carboxylic acids is 1. The second-order valence-corrected chi connectivity index (χ2v) is 7.58. The van der Waals surface area contributed by atoms with E-state index in [0.29, 0.717) is 24.3 Å². The fourth-order valence-corrected chi connectivity index (χ4v) is 4.52. The molecule has 0 radical (unpaired) electrons. The first-order chi connectivity index (χ1) is 12.7. The summed E-state index contributed by atoms with van der Waals surface area (Å²) in [6.45, 7) is 4.72. The number of nitrogens with one attached hydrogen (secondary N) is 1. The van der Waals surface area contributed by atoms with Crippen molar-refractivity contribution in [3.8, 4) is 0 Å². The van der Waals surface area contributed by atoms with E-state index in [2.05, 4.69) is 45.4 Å². The highest BCUT2D eigenvalue weighted by Gasteiger charge is 2.38. The van der Waals surface area contributed by atoms with Crippen molar-refractivity contribution in [1.29, 1.82) is 0 Å². The van der Waals surface area contributed by atoms with Gasteiger partial charge in [0.1, 0.15) is 0 Å². The number of carbonyl (C=O) groups is 1. The molecule has 0 saturated carbocycles. The summed E-state index contributed by atoms with van der Waals surface area (Å²) in [5.74, 6) is 0.935. The summed E-state index contributed by atoms with van der Waals surface area (Å²) >= 11 is 0. The molecule has 5 nitrogen and oxygen atoms in total. The topological polar surface area (TPSA) is 48.5 Å². The lowest BCUT2D eigenvalue weighted by Gasteiger charge is -2.47. The van der Waals surface area contributed by atoms with Gasteiger partial charge in [-0.3, -0.25) is 14.7 Å². The number of rotatable bonds is 5. The quantitative estimate of drug-likeness (QED) is 0.897. The predicted molar refractivity (Wildman–Crippen MR) is 104 cm³/mol. The molecule has 1 amide bonds. The van der Waals surface area contributed by atoms with E-state index >= 15 is 0 Å². The van der Waals surface area contributed by atoms with Gasteiger partial charge in [0.05, 0.1) is 11.2 Å². The normalized spacial score (nSPS) is 24.0. The van der Waals surface area contributed by atoms with Crippen LogP contribution in [0.5, 0.6) is 0 Å². The standard InChI is InChI=1S/C21H28N4O/c1-22-11-13-25-20-10-12-24(14-17(20)7-9-21(25)26)15-18-8-6-16-4-2-3-5-19(16)23-18/h2-6,8,17,20,22H,7,9-15H2,1H3/t17-,20+/m0/s1. The van der Waals surface area contributed by atoms with Gasteiger partial charge in [-0.1, -0.05) is 24.3 Å². The molecule has 1 aromatic heterocycles. The Morgan fingerprint density at radius 3 is 2.96 bits per heavy atom. The Labute approximate surface area is 155 Å². The summed E-state index contributed by atoms with van der Waals surface area (Å²) in [4.78, 5) is 21.8. The van der Waals surface area contributed by atoms with E-state index < -0.39 is 0 Å². The Kier molecular flexibility index (Phi) is 5.18. The average Bonchev–Trinajstić information content (AvgIpc) is 2.67. The smallest absolute Gasteiger partial charge is 0.222 e. The fourth-order valence-electron chi connectivity index (χ4n) is 4.52. The molecule has 1 aromatic carbocycles. The van der Waals surface area contributed by atoms with Crippen LogP contribution in [-0.4, -0.2) is 60.0 Å². The minimum Gasteiger partial charge on any atom is -0.338 e. The van der Waals surface area contributed by atoms with Gasteiger partial charge in [0, 0.05) is 50.6 Å². The van der Waals surface area contributed by atoms with E-state index in [-0.39, 0.29) is 0 Å². The summed E-state index contributed by atoms with van der Waals surface area (Å²) in [6, 6.07) is 13.0. The third kappa shape index (κ3) is 3.60. The van der Waals surface area contributed by atoms with Gasteiger partial charge < -0.3 is 10.2 Å². The maximum absolute atomic E-state index is 12.3. The largest absolute Gasteiger partial charge is 0.338 e. The van der Waals surface area contributed by atoms with Gasteiger partial charge in [0.25, 0.3) is 0 Å². The number of hydrogen-bond acceptors (Lipinski definition) is 4. The monoisotopic (exact) mass is 352 g/mol. The van der Waals surface area contributed by atoms with Gasteiger partial charge in [-0.05, 0) is 37.9 Å². The molecule has 5 heteroatoms. The predicted octanol–water partition coefficient (Wildman–Crippen LogP) is 2.27. The van der Waals surface area contributed by atoms with Crippen LogP contribution < -0.4 is 5.32 Å². The highest BCUT2D eigenvalue weighted by atomic mass is 16.2. The molecular formula is C21H28N4O. The molecule has 1 N–H and O–H groups in total. The molecule has 2 fully saturated rings. The van der Waals surface area contributed by atoms with Crippen molar-refractivity contribution >= 4 is 16.8 Å². The molecule has 3 heterocycles. The maximum atomic E-state index is 12.3. The van der Waals surface area contributed by atoms with E-state index in [1.54, 1.807) is 0 Å². The third-order valence-corrected chi connectivity index (χ3v) is 5.87. The molecule has 2 atom stereocenters. The molecule has 2 aromatic rings. The lowest BCUT2D eigenvalue weighted by atomic mass is 9.83. The van der Waals surface area contributed by atoms with Crippen molar-refractivity contribution in [3.63, 3.8) is 0 Å². The minimum atomic E-state index is 0.339. The number of nitrogens with zero attached hydrogens (tertiary/aromatic N) is 3. The number of aromatic nitrogens is 1. The maximum Gasteiger partial charge on any atom is 0.222 e. The highest BCUT2D eigenvalue weighted by molar-refractivity contribution is 5.78. The number of pyridine rings is 1. The van der Waals surface area contributed by atoms with Crippen molar-refractivity contribution in [1.82, 2.24) is 20.1 Å². The summed E-state index contributed by atoms with van der Waals surface area (Å²) in [7, 11) is 1.95. The summed E-state index contributed by atoms with van der Waals surface area (Å²) in [5.41, 5.74) is 2.21. The van der Waals surface area contributed by atoms with Crippen LogP contribution in [0.1, 0.15) is 25.0 Å². The van der Waals surface area contributed by atoms with Crippen LogP contribution >= 0.6 is 0 Å². The molecule has 4 rings (SSSR count). The number of amides is 1. The second-order valence-electron chi connectivity index (χ2n) is 7.58. The van der Waals surface area contributed by atoms with Crippen LogP contribution in [0.2, 0.25) is 0 Å². The molecule has 0 spiro atoms. The Morgan fingerprint density at radius 2 is 2.08 bits per heavy atom. The van der Waals surface area contributed by atoms with Gasteiger partial charge in [-0.2, -0.15) is 0 Å². The van der Waals surface area contributed by atoms with Crippen molar-refractivity contribution < 1.29 is 4.79 Å². The number of para-hydroxylation sites is 1. The lowest BCUT2D eigenvalue weighted by molar-refractivity contribution is -0.141. The lowest BCUT2D eigenvalue weighted by Crippen LogP contribution is -2.56. The number of hydrogen-bond donors (Lipinski definition) is 1. The molecule has 0 unspecified atom stereocenters. The second kappa shape index (κ2) is 7.72. The van der Waals surface area contributed by atoms with E-state index in [9.17, 15) is 4.79 Å². The van der Waals surface area contributed by atoms with Gasteiger partial charge >= 0.3 is 0 Å². The summed E-state index contributed by atoms with van der Waals surface area (Å²) in [5, 5.41) is 4.37. The van der Waals surface area contributed by atoms with Gasteiger partial charge in [-0.25, -0.2) is 0 Å². The van der Waals surface area contributed by atoms with Gasteiger partial charge in [0.15, 0.2) is 0 Å². The first kappa shape index (κ1) is 17.4. The number of benzene rings is 1. The third-order valence-electron chi connectivity index (χ3n) is 5.87. The van der Waals surface area contributed by atoms with Crippen molar-refractivity contribution in [2.45, 2.75) is 31.8 Å². The average molecular weight is 352 g/mol. The number of likely N-dealkylation sites (N-methyl/N-ethyl adjacent to an activating group) is 1. The molecule has 0 aliphatic carbocycles. The van der Waals surface area contributed by atoms with Gasteiger partial charge in [-0.15, -0.1) is 0 Å². The van der Waals surface area contributed by atoms with Crippen LogP contribution in [0.3, 0.4) is 0 Å². The van der Waals surface area contributed by atoms with Crippen LogP contribution in [0.25, 0.3) is 10.9 Å². The van der Waals surface area contributed by atoms with E-state index in [0.717, 1.165) is 56.8 Å². The van der Waals surface area contributed by atoms with E-state index in [1.807, 2.05) is 13.1 Å². The molecular weight excluding hydrogens is 324 g/mol. The SMILES string of the molecule is CNCCN1C(=O)CC[C@H]2CN(Cc3ccc4ccccc4n3)CC[C@H]21. The van der Waals surface area contributed by atoms with Crippen LogP contribution in [-0.2, 0) is 11.3 Å². The van der Waals surface area contributed by atoms with Crippen molar-refractivity contribution in [3.05, 3.63) is 42.1 Å². The molecule has 138 valence electrons. The highest BCUT2D eigenvalue weighted by Crippen LogP contribution is 2.31. The summed E-state index contributed by atoms with van der Waals surface area (Å²) in [6.07, 6.45) is 2.81.